The van der Waals surface area contributed by atoms with Gasteiger partial charge < -0.3 is 14.8 Å². The Hall–Kier alpha value is -3.08. The molecule has 0 aliphatic heterocycles. The van der Waals surface area contributed by atoms with Crippen LogP contribution in [0.2, 0.25) is 0 Å². The fourth-order valence-electron chi connectivity index (χ4n) is 3.32. The third-order valence-electron chi connectivity index (χ3n) is 4.80. The number of aromatic nitrogens is 1. The van der Waals surface area contributed by atoms with E-state index in [-0.39, 0.29) is 18.4 Å². The van der Waals surface area contributed by atoms with E-state index in [9.17, 15) is 9.59 Å². The van der Waals surface area contributed by atoms with Crippen LogP contribution in [0.15, 0.2) is 54.6 Å². The highest BCUT2D eigenvalue weighted by Gasteiger charge is 2.13. The summed E-state index contributed by atoms with van der Waals surface area (Å²) in [5.41, 5.74) is 3.77. The maximum absolute atomic E-state index is 12.7. The van der Waals surface area contributed by atoms with Crippen molar-refractivity contribution in [1.82, 2.24) is 9.47 Å². The molecule has 0 saturated carbocycles. The van der Waals surface area contributed by atoms with Gasteiger partial charge in [0.1, 0.15) is 6.54 Å². The highest BCUT2D eigenvalue weighted by Crippen LogP contribution is 2.21. The van der Waals surface area contributed by atoms with Gasteiger partial charge in [-0.2, -0.15) is 0 Å². The number of para-hydroxylation sites is 2. The Morgan fingerprint density at radius 1 is 1.07 bits per heavy atom. The van der Waals surface area contributed by atoms with E-state index in [4.69, 9.17) is 0 Å². The van der Waals surface area contributed by atoms with Crippen LogP contribution in [0.1, 0.15) is 25.1 Å². The van der Waals surface area contributed by atoms with Crippen LogP contribution in [0.25, 0.3) is 10.9 Å². The molecule has 1 N–H and O–H groups in total. The zero-order valence-corrected chi connectivity index (χ0v) is 16.0. The van der Waals surface area contributed by atoms with E-state index in [1.54, 1.807) is 11.8 Å². The van der Waals surface area contributed by atoms with Crippen LogP contribution in [-0.2, 0) is 22.7 Å². The Kier molecular flexibility index (Phi) is 5.60. The Morgan fingerprint density at radius 3 is 2.52 bits per heavy atom. The minimum Gasteiger partial charge on any atom is -0.339 e. The molecule has 2 aromatic carbocycles. The summed E-state index contributed by atoms with van der Waals surface area (Å²) in [5.74, 6) is -0.0640. The van der Waals surface area contributed by atoms with E-state index in [2.05, 4.69) is 11.4 Å². The fourth-order valence-corrected chi connectivity index (χ4v) is 3.32. The first kappa shape index (κ1) is 18.7. The normalized spacial score (nSPS) is 10.8. The van der Waals surface area contributed by atoms with Crippen molar-refractivity contribution in [3.05, 3.63) is 65.9 Å². The zero-order valence-electron chi connectivity index (χ0n) is 16.0. The quantitative estimate of drug-likeness (QED) is 0.721. The lowest BCUT2D eigenvalue weighted by atomic mass is 10.1. The van der Waals surface area contributed by atoms with Crippen LogP contribution in [0.3, 0.4) is 0 Å². The van der Waals surface area contributed by atoms with Crippen LogP contribution in [0.4, 0.5) is 5.69 Å². The number of hydrogen-bond acceptors (Lipinski definition) is 2. The average molecular weight is 363 g/mol. The van der Waals surface area contributed by atoms with Crippen LogP contribution < -0.4 is 5.32 Å². The summed E-state index contributed by atoms with van der Waals surface area (Å²) in [6.45, 7) is 6.87. The maximum Gasteiger partial charge on any atom is 0.244 e. The van der Waals surface area contributed by atoms with E-state index in [1.807, 2.05) is 66.9 Å². The van der Waals surface area contributed by atoms with Gasteiger partial charge in [0.25, 0.3) is 0 Å². The van der Waals surface area contributed by atoms with Gasteiger partial charge in [-0.05, 0) is 43.0 Å². The van der Waals surface area contributed by atoms with Crippen LogP contribution in [0, 0.1) is 6.92 Å². The first-order valence-corrected chi connectivity index (χ1v) is 9.17. The molecule has 0 fully saturated rings. The van der Waals surface area contributed by atoms with Crippen LogP contribution >= 0.6 is 0 Å². The van der Waals surface area contributed by atoms with Crippen molar-refractivity contribution >= 4 is 28.4 Å². The number of nitrogens with zero attached hydrogens (tertiary/aromatic N) is 2. The summed E-state index contributed by atoms with van der Waals surface area (Å²) in [6.07, 6.45) is 0. The molecule has 0 atom stereocenters. The molecule has 0 aliphatic carbocycles. The Labute approximate surface area is 159 Å². The number of amides is 2. The maximum atomic E-state index is 12.7. The van der Waals surface area contributed by atoms with E-state index in [1.165, 1.54) is 0 Å². The van der Waals surface area contributed by atoms with Crippen molar-refractivity contribution in [2.45, 2.75) is 33.9 Å². The molecule has 1 heterocycles. The molecular formula is C22H25N3O2. The van der Waals surface area contributed by atoms with Crippen LogP contribution in [-0.4, -0.2) is 27.8 Å². The molecule has 0 saturated heterocycles. The number of hydrogen-bond donors (Lipinski definition) is 1. The number of fused-ring (bicyclic) bond motifs is 1. The van der Waals surface area contributed by atoms with E-state index in [0.29, 0.717) is 13.1 Å². The molecule has 1 aromatic heterocycles. The van der Waals surface area contributed by atoms with Gasteiger partial charge in [-0.1, -0.05) is 36.4 Å². The Morgan fingerprint density at radius 2 is 1.78 bits per heavy atom. The smallest absolute Gasteiger partial charge is 0.244 e. The molecule has 5 heteroatoms. The summed E-state index contributed by atoms with van der Waals surface area (Å²) in [4.78, 5) is 26.2. The van der Waals surface area contributed by atoms with Crippen molar-refractivity contribution in [3.63, 3.8) is 0 Å². The van der Waals surface area contributed by atoms with Crippen molar-refractivity contribution in [3.8, 4) is 0 Å². The largest absolute Gasteiger partial charge is 0.339 e. The molecule has 0 radical (unpaired) electrons. The summed E-state index contributed by atoms with van der Waals surface area (Å²) in [5, 5.41) is 4.14. The molecule has 0 aliphatic rings. The van der Waals surface area contributed by atoms with Gasteiger partial charge in [0.2, 0.25) is 11.8 Å². The lowest BCUT2D eigenvalue weighted by Crippen LogP contribution is -2.28. The lowest BCUT2D eigenvalue weighted by Gasteiger charge is -2.21. The molecule has 2 amide bonds. The first-order chi connectivity index (χ1) is 13.0. The van der Waals surface area contributed by atoms with Crippen molar-refractivity contribution in [1.29, 1.82) is 0 Å². The molecule has 0 bridgehead atoms. The summed E-state index contributed by atoms with van der Waals surface area (Å²) < 4.78 is 2.02. The minimum atomic E-state index is -0.0854. The lowest BCUT2D eigenvalue weighted by molar-refractivity contribution is -0.129. The van der Waals surface area contributed by atoms with Gasteiger partial charge >= 0.3 is 0 Å². The van der Waals surface area contributed by atoms with Gasteiger partial charge in [0, 0.05) is 36.9 Å². The molecule has 3 aromatic rings. The van der Waals surface area contributed by atoms with Crippen molar-refractivity contribution in [2.75, 3.05) is 11.9 Å². The predicted molar refractivity (Wildman–Crippen MR) is 109 cm³/mol. The standard InChI is InChI=1S/C22H25N3O2/c1-4-24(17(3)26)14-19-10-5-7-11-20(19)23-22(27)15-25-16(2)13-18-9-6-8-12-21(18)25/h5-13H,4,14-15H2,1-3H3,(H,23,27). The third kappa shape index (κ3) is 4.19. The fraction of sp³-hybridized carbons (Fsp3) is 0.273. The average Bonchev–Trinajstić information content (AvgIpc) is 2.96. The van der Waals surface area contributed by atoms with Gasteiger partial charge in [0.15, 0.2) is 0 Å². The number of carbonyl (C=O) groups is 2. The van der Waals surface area contributed by atoms with E-state index in [0.717, 1.165) is 27.8 Å². The number of aryl methyl sites for hydroxylation is 1. The Bertz CT molecular complexity index is 975. The second kappa shape index (κ2) is 8.08. The monoisotopic (exact) mass is 363 g/mol. The molecule has 3 rings (SSSR count). The molecular weight excluding hydrogens is 338 g/mol. The first-order valence-electron chi connectivity index (χ1n) is 9.17. The zero-order chi connectivity index (χ0) is 19.4. The Balaban J connectivity index is 1.78. The third-order valence-corrected chi connectivity index (χ3v) is 4.80. The molecule has 0 unspecified atom stereocenters. The number of anilines is 1. The molecule has 0 spiro atoms. The summed E-state index contributed by atoms with van der Waals surface area (Å²) in [7, 11) is 0. The topological polar surface area (TPSA) is 54.3 Å². The van der Waals surface area contributed by atoms with E-state index < -0.39 is 0 Å². The second-order valence-electron chi connectivity index (χ2n) is 6.67. The molecule has 27 heavy (non-hydrogen) atoms. The van der Waals surface area contributed by atoms with Gasteiger partial charge in [-0.15, -0.1) is 0 Å². The minimum absolute atomic E-state index is 0.0214. The highest BCUT2D eigenvalue weighted by molar-refractivity contribution is 5.93. The second-order valence-corrected chi connectivity index (χ2v) is 6.67. The summed E-state index contributed by atoms with van der Waals surface area (Å²) >= 11 is 0. The number of benzene rings is 2. The van der Waals surface area contributed by atoms with Gasteiger partial charge in [0.05, 0.1) is 0 Å². The number of nitrogens with one attached hydrogen (secondary N) is 1. The number of rotatable bonds is 6. The molecule has 5 nitrogen and oxygen atoms in total. The van der Waals surface area contributed by atoms with Gasteiger partial charge in [-0.25, -0.2) is 0 Å². The number of carbonyl (C=O) groups excluding carboxylic acids is 2. The predicted octanol–water partition coefficient (Wildman–Crippen LogP) is 3.96. The SMILES string of the molecule is CCN(Cc1ccccc1NC(=O)Cn1c(C)cc2ccccc21)C(C)=O. The van der Waals surface area contributed by atoms with Gasteiger partial charge in [-0.3, -0.25) is 9.59 Å². The molecule has 140 valence electrons. The summed E-state index contributed by atoms with van der Waals surface area (Å²) in [6, 6.07) is 17.8. The van der Waals surface area contributed by atoms with E-state index >= 15 is 0 Å². The van der Waals surface area contributed by atoms with Crippen molar-refractivity contribution in [2.24, 2.45) is 0 Å². The highest BCUT2D eigenvalue weighted by atomic mass is 16.2. The van der Waals surface area contributed by atoms with Crippen molar-refractivity contribution < 1.29 is 9.59 Å². The van der Waals surface area contributed by atoms with Crippen LogP contribution in [0.5, 0.6) is 0 Å².